The number of benzene rings is 1. The molecule has 0 aliphatic rings. The molecule has 1 aromatic carbocycles. The quantitative estimate of drug-likeness (QED) is 0.584. The SMILES string of the molecule is Cc1ccc(C(C)C)cc1[O]. The lowest BCUT2D eigenvalue weighted by Crippen LogP contribution is -1.86. The van der Waals surface area contributed by atoms with E-state index in [1.165, 1.54) is 0 Å². The monoisotopic (exact) mass is 149 g/mol. The maximum Gasteiger partial charge on any atom is 0.181 e. The minimum atomic E-state index is 0.149. The van der Waals surface area contributed by atoms with Crippen molar-refractivity contribution in [2.24, 2.45) is 0 Å². The molecular formula is C10H13O. The second-order valence-corrected chi connectivity index (χ2v) is 3.18. The van der Waals surface area contributed by atoms with E-state index in [0.717, 1.165) is 11.1 Å². The lowest BCUT2D eigenvalue weighted by atomic mass is 10.0. The average Bonchev–Trinajstić information content (AvgIpc) is 1.94. The zero-order valence-electron chi connectivity index (χ0n) is 7.22. The number of aryl methyl sites for hydroxylation is 1. The summed E-state index contributed by atoms with van der Waals surface area (Å²) in [5, 5.41) is 11.1. The summed E-state index contributed by atoms with van der Waals surface area (Å²) < 4.78 is 0. The van der Waals surface area contributed by atoms with Gasteiger partial charge in [0.1, 0.15) is 0 Å². The zero-order chi connectivity index (χ0) is 8.43. The van der Waals surface area contributed by atoms with Crippen molar-refractivity contribution in [2.45, 2.75) is 26.7 Å². The van der Waals surface area contributed by atoms with Crippen LogP contribution in [0.15, 0.2) is 18.2 Å². The van der Waals surface area contributed by atoms with E-state index in [1.54, 1.807) is 6.07 Å². The van der Waals surface area contributed by atoms with E-state index >= 15 is 0 Å². The van der Waals surface area contributed by atoms with Gasteiger partial charge in [0.15, 0.2) is 5.75 Å². The van der Waals surface area contributed by atoms with Crippen LogP contribution in [0, 0.1) is 6.92 Å². The summed E-state index contributed by atoms with van der Waals surface area (Å²) in [5.41, 5.74) is 1.95. The van der Waals surface area contributed by atoms with Crippen molar-refractivity contribution in [3.63, 3.8) is 0 Å². The lowest BCUT2D eigenvalue weighted by Gasteiger charge is -2.04. The summed E-state index contributed by atoms with van der Waals surface area (Å²) in [4.78, 5) is 0. The van der Waals surface area contributed by atoms with Crippen molar-refractivity contribution in [1.29, 1.82) is 0 Å². The molecule has 11 heavy (non-hydrogen) atoms. The predicted molar refractivity (Wildman–Crippen MR) is 45.4 cm³/mol. The highest BCUT2D eigenvalue weighted by Gasteiger charge is 2.02. The summed E-state index contributed by atoms with van der Waals surface area (Å²) in [5.74, 6) is 0.597. The standard InChI is InChI=1S/C10H13O/c1-7(2)9-5-4-8(3)10(11)6-9/h4-7H,1-3H3. The Kier molecular flexibility index (Phi) is 2.18. The van der Waals surface area contributed by atoms with Gasteiger partial charge < -0.3 is 0 Å². The first-order chi connectivity index (χ1) is 5.11. The average molecular weight is 149 g/mol. The van der Waals surface area contributed by atoms with Crippen molar-refractivity contribution in [3.05, 3.63) is 29.3 Å². The number of hydrogen-bond acceptors (Lipinski definition) is 0. The van der Waals surface area contributed by atoms with Gasteiger partial charge in [0.05, 0.1) is 0 Å². The van der Waals surface area contributed by atoms with Crippen LogP contribution < -0.4 is 0 Å². The minimum Gasteiger partial charge on any atom is -0.290 e. The van der Waals surface area contributed by atoms with Crippen molar-refractivity contribution >= 4 is 0 Å². The van der Waals surface area contributed by atoms with Crippen LogP contribution >= 0.6 is 0 Å². The van der Waals surface area contributed by atoms with Crippen LogP contribution in [0.4, 0.5) is 0 Å². The highest BCUT2D eigenvalue weighted by Crippen LogP contribution is 2.22. The summed E-state index contributed by atoms with van der Waals surface area (Å²) >= 11 is 0. The molecule has 1 rings (SSSR count). The van der Waals surface area contributed by atoms with Crippen LogP contribution in [-0.4, -0.2) is 0 Å². The molecule has 1 aromatic rings. The summed E-state index contributed by atoms with van der Waals surface area (Å²) in [6.45, 7) is 6.01. The minimum absolute atomic E-state index is 0.149. The summed E-state index contributed by atoms with van der Waals surface area (Å²) in [6, 6.07) is 5.62. The van der Waals surface area contributed by atoms with Crippen LogP contribution in [0.2, 0.25) is 0 Å². The van der Waals surface area contributed by atoms with Gasteiger partial charge in [-0.3, -0.25) is 5.11 Å². The third-order valence-corrected chi connectivity index (χ3v) is 1.88. The Hall–Kier alpha value is -0.980. The first-order valence-corrected chi connectivity index (χ1v) is 3.89. The second kappa shape index (κ2) is 2.95. The fourth-order valence-electron chi connectivity index (χ4n) is 0.976. The molecular weight excluding hydrogens is 136 g/mol. The van der Waals surface area contributed by atoms with Gasteiger partial charge in [-0.2, -0.15) is 0 Å². The Morgan fingerprint density at radius 1 is 1.27 bits per heavy atom. The fraction of sp³-hybridized carbons (Fsp3) is 0.400. The van der Waals surface area contributed by atoms with Crippen LogP contribution in [0.5, 0.6) is 5.75 Å². The molecule has 0 saturated heterocycles. The molecule has 0 aliphatic heterocycles. The molecule has 1 radical (unpaired) electrons. The van der Waals surface area contributed by atoms with Gasteiger partial charge in [-0.15, -0.1) is 0 Å². The van der Waals surface area contributed by atoms with Crippen molar-refractivity contribution in [2.75, 3.05) is 0 Å². The van der Waals surface area contributed by atoms with Crippen LogP contribution in [0.1, 0.15) is 30.9 Å². The van der Waals surface area contributed by atoms with E-state index < -0.39 is 0 Å². The molecule has 0 aliphatic carbocycles. The van der Waals surface area contributed by atoms with Crippen molar-refractivity contribution in [3.8, 4) is 5.75 Å². The van der Waals surface area contributed by atoms with Crippen LogP contribution in [0.3, 0.4) is 0 Å². The Morgan fingerprint density at radius 3 is 2.36 bits per heavy atom. The van der Waals surface area contributed by atoms with Gasteiger partial charge in [-0.1, -0.05) is 26.0 Å². The zero-order valence-corrected chi connectivity index (χ0v) is 7.22. The molecule has 1 heteroatoms. The van der Waals surface area contributed by atoms with Crippen LogP contribution in [0.25, 0.3) is 0 Å². The van der Waals surface area contributed by atoms with Crippen molar-refractivity contribution < 1.29 is 5.11 Å². The third-order valence-electron chi connectivity index (χ3n) is 1.88. The molecule has 0 fully saturated rings. The predicted octanol–water partition coefficient (Wildman–Crippen LogP) is 3.26. The molecule has 59 valence electrons. The Bertz CT molecular complexity index is 251. The van der Waals surface area contributed by atoms with Gasteiger partial charge >= 0.3 is 0 Å². The summed E-state index contributed by atoms with van der Waals surface area (Å²) in [7, 11) is 0. The van der Waals surface area contributed by atoms with E-state index in [2.05, 4.69) is 13.8 Å². The van der Waals surface area contributed by atoms with Gasteiger partial charge in [0.2, 0.25) is 0 Å². The molecule has 0 saturated carbocycles. The van der Waals surface area contributed by atoms with Gasteiger partial charge in [0.25, 0.3) is 0 Å². The third kappa shape index (κ3) is 1.73. The molecule has 0 unspecified atom stereocenters. The van der Waals surface area contributed by atoms with Gasteiger partial charge in [-0.05, 0) is 30.0 Å². The Morgan fingerprint density at radius 2 is 1.91 bits per heavy atom. The molecule has 0 N–H and O–H groups in total. The maximum absolute atomic E-state index is 11.1. The Balaban J connectivity index is 3.05. The Labute approximate surface area is 67.7 Å². The van der Waals surface area contributed by atoms with Gasteiger partial charge in [0, 0.05) is 0 Å². The van der Waals surface area contributed by atoms with Gasteiger partial charge in [-0.25, -0.2) is 0 Å². The van der Waals surface area contributed by atoms with E-state index in [0.29, 0.717) is 5.92 Å². The normalized spacial score (nSPS) is 10.5. The largest absolute Gasteiger partial charge is 0.290 e. The number of hydrogen-bond donors (Lipinski definition) is 0. The highest BCUT2D eigenvalue weighted by molar-refractivity contribution is 5.36. The lowest BCUT2D eigenvalue weighted by molar-refractivity contribution is 0.351. The van der Waals surface area contributed by atoms with E-state index in [1.807, 2.05) is 19.1 Å². The first-order valence-electron chi connectivity index (χ1n) is 3.89. The summed E-state index contributed by atoms with van der Waals surface area (Å²) in [6.07, 6.45) is 0. The second-order valence-electron chi connectivity index (χ2n) is 3.18. The topological polar surface area (TPSA) is 19.9 Å². The smallest absolute Gasteiger partial charge is 0.181 e. The number of rotatable bonds is 1. The molecule has 0 amide bonds. The van der Waals surface area contributed by atoms with E-state index in [-0.39, 0.29) is 5.75 Å². The first kappa shape index (κ1) is 8.12. The van der Waals surface area contributed by atoms with E-state index in [4.69, 9.17) is 0 Å². The molecule has 0 heterocycles. The molecule has 0 aromatic heterocycles. The molecule has 0 bridgehead atoms. The molecule has 0 atom stereocenters. The van der Waals surface area contributed by atoms with E-state index in [9.17, 15) is 5.11 Å². The molecule has 0 spiro atoms. The van der Waals surface area contributed by atoms with Crippen molar-refractivity contribution in [1.82, 2.24) is 0 Å². The maximum atomic E-state index is 11.1. The van der Waals surface area contributed by atoms with Crippen LogP contribution in [-0.2, 0) is 5.11 Å². The fourth-order valence-corrected chi connectivity index (χ4v) is 0.976. The highest BCUT2D eigenvalue weighted by atomic mass is 16.3. The molecule has 1 nitrogen and oxygen atoms in total.